The zero-order valence-electron chi connectivity index (χ0n) is 13.3. The number of carbonyl (C=O) groups is 1. The number of nitrogens with zero attached hydrogens (tertiary/aromatic N) is 1. The number of ether oxygens (including phenoxy) is 1. The Hall–Kier alpha value is -1.03. The van der Waals surface area contributed by atoms with Gasteiger partial charge in [0.1, 0.15) is 5.75 Å². The number of benzene rings is 1. The summed E-state index contributed by atoms with van der Waals surface area (Å²) in [6.45, 7) is 8.43. The second kappa shape index (κ2) is 6.82. The molecule has 1 fully saturated rings. The Labute approximate surface area is 135 Å². The fraction of sp³-hybridized carbons (Fsp3) is 0.588. The van der Waals surface area contributed by atoms with Crippen molar-refractivity contribution >= 4 is 21.8 Å². The van der Waals surface area contributed by atoms with Crippen LogP contribution in [0.1, 0.15) is 44.2 Å². The third kappa shape index (κ3) is 3.79. The average molecular weight is 354 g/mol. The molecule has 4 heteroatoms. The minimum Gasteiger partial charge on any atom is -0.484 e. The highest BCUT2D eigenvalue weighted by atomic mass is 79.9. The van der Waals surface area contributed by atoms with E-state index in [9.17, 15) is 4.79 Å². The highest BCUT2D eigenvalue weighted by molar-refractivity contribution is 9.10. The molecule has 1 aliphatic heterocycles. The summed E-state index contributed by atoms with van der Waals surface area (Å²) in [4.78, 5) is 14.4. The minimum atomic E-state index is 0.0907. The first-order valence-corrected chi connectivity index (χ1v) is 8.40. The topological polar surface area (TPSA) is 29.5 Å². The van der Waals surface area contributed by atoms with E-state index >= 15 is 0 Å². The van der Waals surface area contributed by atoms with Crippen molar-refractivity contribution in [3.8, 4) is 5.75 Å². The van der Waals surface area contributed by atoms with Crippen LogP contribution in [0, 0.1) is 13.8 Å². The van der Waals surface area contributed by atoms with E-state index < -0.39 is 0 Å². The van der Waals surface area contributed by atoms with E-state index in [1.54, 1.807) is 0 Å². The van der Waals surface area contributed by atoms with Gasteiger partial charge in [0.2, 0.25) is 0 Å². The maximum Gasteiger partial charge on any atom is 0.260 e. The summed E-state index contributed by atoms with van der Waals surface area (Å²) in [6.07, 6.45) is 3.39. The Morgan fingerprint density at radius 2 is 1.76 bits per heavy atom. The lowest BCUT2D eigenvalue weighted by atomic mass is 9.97. The van der Waals surface area contributed by atoms with Crippen LogP contribution in [-0.2, 0) is 4.79 Å². The van der Waals surface area contributed by atoms with Gasteiger partial charge in [-0.1, -0.05) is 15.9 Å². The Morgan fingerprint density at radius 1 is 1.24 bits per heavy atom. The number of carbonyl (C=O) groups excluding carboxylic acids is 1. The molecule has 0 N–H and O–H groups in total. The number of aryl methyl sites for hydroxylation is 2. The van der Waals surface area contributed by atoms with Crippen molar-refractivity contribution in [1.29, 1.82) is 0 Å². The first kappa shape index (κ1) is 16.3. The van der Waals surface area contributed by atoms with Crippen molar-refractivity contribution in [2.45, 2.75) is 59.0 Å². The van der Waals surface area contributed by atoms with Crippen molar-refractivity contribution in [1.82, 2.24) is 4.90 Å². The number of hydrogen-bond donors (Lipinski definition) is 0. The summed E-state index contributed by atoms with van der Waals surface area (Å²) in [6, 6.07) is 4.57. The van der Waals surface area contributed by atoms with Gasteiger partial charge >= 0.3 is 0 Å². The fourth-order valence-electron chi connectivity index (χ4n) is 3.12. The minimum absolute atomic E-state index is 0.0907. The molecule has 116 valence electrons. The molecule has 0 radical (unpaired) electrons. The van der Waals surface area contributed by atoms with Crippen molar-refractivity contribution < 1.29 is 9.53 Å². The highest BCUT2D eigenvalue weighted by Gasteiger charge is 2.28. The smallest absolute Gasteiger partial charge is 0.260 e. The molecule has 1 aromatic carbocycles. The lowest BCUT2D eigenvalue weighted by Crippen LogP contribution is -2.49. The molecule has 0 spiro atoms. The first-order chi connectivity index (χ1) is 9.90. The van der Waals surface area contributed by atoms with E-state index in [0.717, 1.165) is 34.2 Å². The Kier molecular flexibility index (Phi) is 5.31. The largest absolute Gasteiger partial charge is 0.484 e. The lowest BCUT2D eigenvalue weighted by Gasteiger charge is -2.39. The number of hydrogen-bond acceptors (Lipinski definition) is 2. The van der Waals surface area contributed by atoms with Crippen molar-refractivity contribution in [2.75, 3.05) is 6.61 Å². The zero-order valence-corrected chi connectivity index (χ0v) is 14.9. The molecule has 1 aromatic rings. The summed E-state index contributed by atoms with van der Waals surface area (Å²) in [5, 5.41) is 0. The molecule has 2 rings (SSSR count). The Morgan fingerprint density at radius 3 is 2.29 bits per heavy atom. The van der Waals surface area contributed by atoms with Crippen LogP contribution in [0.15, 0.2) is 16.6 Å². The molecule has 1 saturated heterocycles. The number of likely N-dealkylation sites (tertiary alicyclic amines) is 1. The van der Waals surface area contributed by atoms with Crippen LogP contribution in [-0.4, -0.2) is 29.5 Å². The van der Waals surface area contributed by atoms with Gasteiger partial charge in [-0.15, -0.1) is 0 Å². The summed E-state index contributed by atoms with van der Waals surface area (Å²) in [5.74, 6) is 0.854. The summed E-state index contributed by atoms with van der Waals surface area (Å²) >= 11 is 3.54. The average Bonchev–Trinajstić information content (AvgIpc) is 2.42. The molecule has 0 saturated carbocycles. The molecule has 1 amide bonds. The van der Waals surface area contributed by atoms with Gasteiger partial charge < -0.3 is 9.64 Å². The molecule has 3 nitrogen and oxygen atoms in total. The molecular formula is C17H24BrNO2. The molecule has 0 aromatic heterocycles. The summed E-state index contributed by atoms with van der Waals surface area (Å²) in [7, 11) is 0. The molecule has 1 heterocycles. The van der Waals surface area contributed by atoms with Crippen LogP contribution >= 0.6 is 15.9 Å². The maximum absolute atomic E-state index is 12.4. The van der Waals surface area contributed by atoms with E-state index in [1.807, 2.05) is 30.9 Å². The van der Waals surface area contributed by atoms with E-state index in [4.69, 9.17) is 4.74 Å². The molecule has 21 heavy (non-hydrogen) atoms. The second-order valence-electron chi connectivity index (χ2n) is 6.09. The van der Waals surface area contributed by atoms with E-state index in [2.05, 4.69) is 29.8 Å². The van der Waals surface area contributed by atoms with Gasteiger partial charge in [-0.25, -0.2) is 0 Å². The van der Waals surface area contributed by atoms with Crippen LogP contribution in [0.5, 0.6) is 5.75 Å². The highest BCUT2D eigenvalue weighted by Crippen LogP contribution is 2.27. The summed E-state index contributed by atoms with van der Waals surface area (Å²) in [5.41, 5.74) is 2.24. The van der Waals surface area contributed by atoms with Crippen molar-refractivity contribution in [2.24, 2.45) is 0 Å². The normalized spacial score (nSPS) is 22.2. The van der Waals surface area contributed by atoms with Gasteiger partial charge in [-0.3, -0.25) is 4.79 Å². The first-order valence-electron chi connectivity index (χ1n) is 7.61. The van der Waals surface area contributed by atoms with E-state index in [1.165, 1.54) is 6.42 Å². The van der Waals surface area contributed by atoms with Gasteiger partial charge in [0.25, 0.3) is 5.91 Å². The molecule has 2 unspecified atom stereocenters. The third-order valence-electron chi connectivity index (χ3n) is 4.25. The SMILES string of the molecule is Cc1cc(OCC(=O)N2C(C)CCCC2C)cc(C)c1Br. The Balaban J connectivity index is 2.01. The molecule has 2 atom stereocenters. The van der Waals surface area contributed by atoms with E-state index in [0.29, 0.717) is 12.1 Å². The monoisotopic (exact) mass is 353 g/mol. The molecule has 0 aliphatic carbocycles. The number of amides is 1. The lowest BCUT2D eigenvalue weighted by molar-refractivity contribution is -0.139. The molecular weight excluding hydrogens is 330 g/mol. The zero-order chi connectivity index (χ0) is 15.6. The van der Waals surface area contributed by atoms with Gasteiger partial charge in [0, 0.05) is 16.6 Å². The van der Waals surface area contributed by atoms with Crippen LogP contribution in [0.25, 0.3) is 0 Å². The maximum atomic E-state index is 12.4. The number of halogens is 1. The quantitative estimate of drug-likeness (QED) is 0.813. The number of rotatable bonds is 3. The predicted octanol–water partition coefficient (Wildman–Crippen LogP) is 4.23. The second-order valence-corrected chi connectivity index (χ2v) is 6.88. The van der Waals surface area contributed by atoms with Gasteiger partial charge in [0.05, 0.1) is 0 Å². The predicted molar refractivity (Wildman–Crippen MR) is 88.7 cm³/mol. The van der Waals surface area contributed by atoms with Gasteiger partial charge in [-0.05, 0) is 70.2 Å². The third-order valence-corrected chi connectivity index (χ3v) is 5.50. The van der Waals surface area contributed by atoms with Gasteiger partial charge in [-0.2, -0.15) is 0 Å². The van der Waals surface area contributed by atoms with Crippen LogP contribution in [0.3, 0.4) is 0 Å². The van der Waals surface area contributed by atoms with Gasteiger partial charge in [0.15, 0.2) is 6.61 Å². The molecule has 0 bridgehead atoms. The fourth-order valence-corrected chi connectivity index (χ4v) is 3.35. The standard InChI is InChI=1S/C17H24BrNO2/c1-11-8-15(9-12(2)17(11)18)21-10-16(20)19-13(3)6-5-7-14(19)4/h8-9,13-14H,5-7,10H2,1-4H3. The van der Waals surface area contributed by atoms with Crippen molar-refractivity contribution in [3.63, 3.8) is 0 Å². The van der Waals surface area contributed by atoms with Crippen LogP contribution in [0.4, 0.5) is 0 Å². The van der Waals surface area contributed by atoms with Crippen molar-refractivity contribution in [3.05, 3.63) is 27.7 Å². The Bertz CT molecular complexity index is 497. The number of piperidine rings is 1. The van der Waals surface area contributed by atoms with Crippen LogP contribution in [0.2, 0.25) is 0 Å². The van der Waals surface area contributed by atoms with E-state index in [-0.39, 0.29) is 12.5 Å². The van der Waals surface area contributed by atoms with Crippen LogP contribution < -0.4 is 4.74 Å². The molecule has 1 aliphatic rings. The summed E-state index contributed by atoms with van der Waals surface area (Å²) < 4.78 is 6.82.